The Morgan fingerprint density at radius 1 is 1.25 bits per heavy atom. The van der Waals surface area contributed by atoms with E-state index in [0.29, 0.717) is 11.3 Å². The van der Waals surface area contributed by atoms with Crippen LogP contribution in [-0.2, 0) is 4.79 Å². The van der Waals surface area contributed by atoms with Gasteiger partial charge in [0.15, 0.2) is 6.61 Å². The molecule has 7 heteroatoms. The van der Waals surface area contributed by atoms with Crippen molar-refractivity contribution in [2.24, 2.45) is 5.10 Å². The number of ether oxygens (including phenoxy) is 1. The molecule has 0 unspecified atom stereocenters. The molecule has 1 N–H and O–H groups in total. The zero-order valence-corrected chi connectivity index (χ0v) is 13.4. The van der Waals surface area contributed by atoms with Gasteiger partial charge in [0.2, 0.25) is 0 Å². The molecule has 0 spiro atoms. The van der Waals surface area contributed by atoms with Gasteiger partial charge < -0.3 is 4.74 Å². The van der Waals surface area contributed by atoms with Gasteiger partial charge in [-0.3, -0.25) is 14.9 Å². The number of aryl methyl sites for hydroxylation is 2. The number of carbonyl (C=O) groups excluding carboxylic acids is 1. The molecule has 0 saturated carbocycles. The quantitative estimate of drug-likeness (QED) is 0.501. The van der Waals surface area contributed by atoms with Crippen LogP contribution < -0.4 is 10.2 Å². The summed E-state index contributed by atoms with van der Waals surface area (Å²) in [5.41, 5.74) is 4.89. The summed E-state index contributed by atoms with van der Waals surface area (Å²) in [4.78, 5) is 21.9. The van der Waals surface area contributed by atoms with Crippen molar-refractivity contribution < 1.29 is 14.5 Å². The molecule has 2 rings (SSSR count). The van der Waals surface area contributed by atoms with E-state index in [1.807, 2.05) is 32.0 Å². The van der Waals surface area contributed by atoms with E-state index in [9.17, 15) is 14.9 Å². The SMILES string of the molecule is Cc1cc(C)cc(OCC(=O)NN=Cc2cccc([N+](=O)[O-])c2)c1. The Balaban J connectivity index is 1.86. The van der Waals surface area contributed by atoms with Gasteiger partial charge in [0.25, 0.3) is 11.6 Å². The molecule has 0 saturated heterocycles. The molecule has 0 bridgehead atoms. The van der Waals surface area contributed by atoms with Gasteiger partial charge in [0.05, 0.1) is 11.1 Å². The van der Waals surface area contributed by atoms with Crippen LogP contribution in [0.4, 0.5) is 5.69 Å². The van der Waals surface area contributed by atoms with Crippen LogP contribution in [0.25, 0.3) is 0 Å². The predicted octanol–water partition coefficient (Wildman–Crippen LogP) is 2.74. The Morgan fingerprint density at radius 3 is 2.62 bits per heavy atom. The highest BCUT2D eigenvalue weighted by Crippen LogP contribution is 2.16. The van der Waals surface area contributed by atoms with Crippen molar-refractivity contribution in [3.8, 4) is 5.75 Å². The maximum Gasteiger partial charge on any atom is 0.277 e. The van der Waals surface area contributed by atoms with Crippen molar-refractivity contribution in [3.63, 3.8) is 0 Å². The molecule has 7 nitrogen and oxygen atoms in total. The third kappa shape index (κ3) is 5.20. The van der Waals surface area contributed by atoms with Crippen molar-refractivity contribution in [3.05, 3.63) is 69.3 Å². The fourth-order valence-electron chi connectivity index (χ4n) is 2.09. The molecule has 0 fully saturated rings. The lowest BCUT2D eigenvalue weighted by atomic mass is 10.1. The fourth-order valence-corrected chi connectivity index (χ4v) is 2.09. The van der Waals surface area contributed by atoms with Crippen LogP contribution in [-0.4, -0.2) is 23.7 Å². The van der Waals surface area contributed by atoms with E-state index in [1.54, 1.807) is 12.1 Å². The Bertz CT molecular complexity index is 767. The number of rotatable bonds is 6. The first kappa shape index (κ1) is 17.1. The summed E-state index contributed by atoms with van der Waals surface area (Å²) in [6, 6.07) is 11.6. The highest BCUT2D eigenvalue weighted by molar-refractivity contribution is 5.83. The van der Waals surface area contributed by atoms with Crippen LogP contribution in [0.2, 0.25) is 0 Å². The summed E-state index contributed by atoms with van der Waals surface area (Å²) in [5, 5.41) is 14.4. The van der Waals surface area contributed by atoms with E-state index in [1.165, 1.54) is 18.3 Å². The van der Waals surface area contributed by atoms with Gasteiger partial charge in [0.1, 0.15) is 5.75 Å². The monoisotopic (exact) mass is 327 g/mol. The van der Waals surface area contributed by atoms with E-state index in [4.69, 9.17) is 4.74 Å². The number of hydrogen-bond donors (Lipinski definition) is 1. The second-order valence-corrected chi connectivity index (χ2v) is 5.26. The molecule has 24 heavy (non-hydrogen) atoms. The zero-order chi connectivity index (χ0) is 17.5. The number of nitrogens with zero attached hydrogens (tertiary/aromatic N) is 2. The topological polar surface area (TPSA) is 93.8 Å². The maximum atomic E-state index is 11.7. The van der Waals surface area contributed by atoms with Crippen molar-refractivity contribution in [1.82, 2.24) is 5.43 Å². The molecule has 0 aromatic heterocycles. The number of amides is 1. The normalized spacial score (nSPS) is 10.6. The number of nitro benzene ring substituents is 1. The van der Waals surface area contributed by atoms with Crippen LogP contribution in [0.3, 0.4) is 0 Å². The molecule has 0 atom stereocenters. The first-order valence-electron chi connectivity index (χ1n) is 7.21. The standard InChI is InChI=1S/C17H17N3O4/c1-12-6-13(2)8-16(7-12)24-11-17(21)19-18-10-14-4-3-5-15(9-14)20(22)23/h3-10H,11H2,1-2H3,(H,19,21). The van der Waals surface area contributed by atoms with Gasteiger partial charge in [-0.1, -0.05) is 18.2 Å². The van der Waals surface area contributed by atoms with Crippen LogP contribution in [0.1, 0.15) is 16.7 Å². The summed E-state index contributed by atoms with van der Waals surface area (Å²) < 4.78 is 5.41. The summed E-state index contributed by atoms with van der Waals surface area (Å²) in [5.74, 6) is 0.196. The summed E-state index contributed by atoms with van der Waals surface area (Å²) in [6.07, 6.45) is 1.34. The average molecular weight is 327 g/mol. The Morgan fingerprint density at radius 2 is 1.96 bits per heavy atom. The third-order valence-corrected chi connectivity index (χ3v) is 3.05. The number of hydrogen-bond acceptors (Lipinski definition) is 5. The third-order valence-electron chi connectivity index (χ3n) is 3.05. The van der Waals surface area contributed by atoms with Gasteiger partial charge in [-0.05, 0) is 37.1 Å². The van der Waals surface area contributed by atoms with Crippen LogP contribution in [0, 0.1) is 24.0 Å². The van der Waals surface area contributed by atoms with Crippen LogP contribution >= 0.6 is 0 Å². The molecular formula is C17H17N3O4. The Hall–Kier alpha value is -3.22. The fraction of sp³-hybridized carbons (Fsp3) is 0.176. The van der Waals surface area contributed by atoms with Crippen LogP contribution in [0.15, 0.2) is 47.6 Å². The lowest BCUT2D eigenvalue weighted by molar-refractivity contribution is -0.384. The lowest BCUT2D eigenvalue weighted by Gasteiger charge is -2.07. The minimum atomic E-state index is -0.492. The van der Waals surface area contributed by atoms with Gasteiger partial charge in [-0.25, -0.2) is 5.43 Å². The van der Waals surface area contributed by atoms with E-state index in [-0.39, 0.29) is 12.3 Å². The molecule has 0 heterocycles. The van der Waals surface area contributed by atoms with E-state index in [0.717, 1.165) is 11.1 Å². The number of carbonyl (C=O) groups is 1. The highest BCUT2D eigenvalue weighted by Gasteiger charge is 2.05. The minimum absolute atomic E-state index is 0.0385. The van der Waals surface area contributed by atoms with Crippen molar-refractivity contribution in [2.75, 3.05) is 6.61 Å². The number of benzene rings is 2. The molecule has 0 radical (unpaired) electrons. The summed E-state index contributed by atoms with van der Waals surface area (Å²) >= 11 is 0. The number of non-ortho nitro benzene ring substituents is 1. The number of hydrazone groups is 1. The van der Waals surface area contributed by atoms with Gasteiger partial charge in [-0.2, -0.15) is 5.10 Å². The average Bonchev–Trinajstić information content (AvgIpc) is 2.52. The first-order chi connectivity index (χ1) is 11.4. The minimum Gasteiger partial charge on any atom is -0.484 e. The second kappa shape index (κ2) is 7.87. The largest absolute Gasteiger partial charge is 0.484 e. The molecule has 0 aliphatic rings. The van der Waals surface area contributed by atoms with Gasteiger partial charge >= 0.3 is 0 Å². The van der Waals surface area contributed by atoms with E-state index >= 15 is 0 Å². The smallest absolute Gasteiger partial charge is 0.277 e. The highest BCUT2D eigenvalue weighted by atomic mass is 16.6. The van der Waals surface area contributed by atoms with Crippen LogP contribution in [0.5, 0.6) is 5.75 Å². The van der Waals surface area contributed by atoms with Crippen molar-refractivity contribution >= 4 is 17.8 Å². The first-order valence-corrected chi connectivity index (χ1v) is 7.21. The molecular weight excluding hydrogens is 310 g/mol. The summed E-state index contributed by atoms with van der Waals surface area (Å²) in [6.45, 7) is 3.72. The zero-order valence-electron chi connectivity index (χ0n) is 13.4. The molecule has 1 amide bonds. The summed E-state index contributed by atoms with van der Waals surface area (Å²) in [7, 11) is 0. The number of nitro groups is 1. The maximum absolute atomic E-state index is 11.7. The molecule has 124 valence electrons. The molecule has 0 aliphatic heterocycles. The number of nitrogens with one attached hydrogen (secondary N) is 1. The Labute approximate surface area is 139 Å². The van der Waals surface area contributed by atoms with Crippen molar-refractivity contribution in [2.45, 2.75) is 13.8 Å². The predicted molar refractivity (Wildman–Crippen MR) is 90.2 cm³/mol. The second-order valence-electron chi connectivity index (χ2n) is 5.26. The molecule has 2 aromatic carbocycles. The van der Waals surface area contributed by atoms with Crippen molar-refractivity contribution in [1.29, 1.82) is 0 Å². The van der Waals surface area contributed by atoms with Gasteiger partial charge in [0, 0.05) is 17.7 Å². The molecule has 0 aliphatic carbocycles. The molecule has 2 aromatic rings. The Kier molecular flexibility index (Phi) is 5.62. The van der Waals surface area contributed by atoms with Gasteiger partial charge in [-0.15, -0.1) is 0 Å². The van der Waals surface area contributed by atoms with E-state index < -0.39 is 10.8 Å². The van der Waals surface area contributed by atoms with E-state index in [2.05, 4.69) is 10.5 Å². The lowest BCUT2D eigenvalue weighted by Crippen LogP contribution is -2.24.